The summed E-state index contributed by atoms with van der Waals surface area (Å²) in [6.07, 6.45) is 4.23. The van der Waals surface area contributed by atoms with Crippen molar-refractivity contribution >= 4 is 5.91 Å². The molecule has 1 fully saturated rings. The predicted molar refractivity (Wildman–Crippen MR) is 109 cm³/mol. The average Bonchev–Trinajstić information content (AvgIpc) is 2.99. The van der Waals surface area contributed by atoms with Gasteiger partial charge in [0.25, 0.3) is 5.91 Å². The van der Waals surface area contributed by atoms with Gasteiger partial charge in [0.05, 0.1) is 24.5 Å². The van der Waals surface area contributed by atoms with Crippen molar-refractivity contribution in [2.75, 3.05) is 20.3 Å². The third-order valence-corrected chi connectivity index (χ3v) is 5.88. The van der Waals surface area contributed by atoms with Crippen molar-refractivity contribution in [2.45, 2.75) is 51.0 Å². The number of aryl methyl sites for hydroxylation is 1. The Hall–Kier alpha value is -2.34. The summed E-state index contributed by atoms with van der Waals surface area (Å²) in [5.41, 5.74) is 2.36. The SMILES string of the molecule is COc1ccccc1C1(CCNC(=O)c2cnn(C)c2C)CCOC(C)(C)C1. The lowest BCUT2D eigenvalue weighted by molar-refractivity contribution is -0.0841. The zero-order chi connectivity index (χ0) is 20.4. The molecule has 1 unspecified atom stereocenters. The molecule has 2 heterocycles. The average molecular weight is 386 g/mol. The largest absolute Gasteiger partial charge is 0.496 e. The van der Waals surface area contributed by atoms with Crippen LogP contribution in [0, 0.1) is 6.92 Å². The second kappa shape index (κ2) is 7.95. The number of ether oxygens (including phenoxy) is 2. The molecule has 28 heavy (non-hydrogen) atoms. The third kappa shape index (κ3) is 4.07. The molecule has 6 heteroatoms. The number of carbonyl (C=O) groups excluding carboxylic acids is 1. The summed E-state index contributed by atoms with van der Waals surface area (Å²) in [5.74, 6) is 0.821. The Labute approximate surface area is 167 Å². The molecule has 0 radical (unpaired) electrons. The van der Waals surface area contributed by atoms with Gasteiger partial charge in [-0.3, -0.25) is 9.48 Å². The zero-order valence-corrected chi connectivity index (χ0v) is 17.5. The van der Waals surface area contributed by atoms with Crippen molar-refractivity contribution in [3.05, 3.63) is 47.3 Å². The molecule has 1 aliphatic heterocycles. The van der Waals surface area contributed by atoms with Gasteiger partial charge in [0.15, 0.2) is 0 Å². The van der Waals surface area contributed by atoms with Gasteiger partial charge in [-0.2, -0.15) is 5.10 Å². The van der Waals surface area contributed by atoms with Crippen LogP contribution in [0.15, 0.2) is 30.5 Å². The van der Waals surface area contributed by atoms with Crippen LogP contribution in [-0.4, -0.2) is 41.6 Å². The van der Waals surface area contributed by atoms with E-state index in [1.54, 1.807) is 18.0 Å². The minimum absolute atomic E-state index is 0.0768. The van der Waals surface area contributed by atoms with E-state index in [0.717, 1.165) is 30.7 Å². The van der Waals surface area contributed by atoms with Crippen LogP contribution in [0.1, 0.15) is 54.7 Å². The molecule has 1 aromatic heterocycles. The highest BCUT2D eigenvalue weighted by Crippen LogP contribution is 2.46. The van der Waals surface area contributed by atoms with E-state index in [1.165, 1.54) is 5.56 Å². The number of para-hydroxylation sites is 1. The van der Waals surface area contributed by atoms with Crippen molar-refractivity contribution in [3.8, 4) is 5.75 Å². The first-order valence-corrected chi connectivity index (χ1v) is 9.82. The van der Waals surface area contributed by atoms with Gasteiger partial charge < -0.3 is 14.8 Å². The van der Waals surface area contributed by atoms with E-state index < -0.39 is 0 Å². The normalized spacial score (nSPS) is 21.3. The Morgan fingerprint density at radius 2 is 2.11 bits per heavy atom. The van der Waals surface area contributed by atoms with Crippen LogP contribution >= 0.6 is 0 Å². The molecule has 152 valence electrons. The van der Waals surface area contributed by atoms with Gasteiger partial charge in [-0.25, -0.2) is 0 Å². The minimum atomic E-state index is -0.219. The smallest absolute Gasteiger partial charge is 0.254 e. The van der Waals surface area contributed by atoms with Gasteiger partial charge in [-0.15, -0.1) is 0 Å². The molecule has 0 aliphatic carbocycles. The van der Waals surface area contributed by atoms with Crippen molar-refractivity contribution in [1.82, 2.24) is 15.1 Å². The van der Waals surface area contributed by atoms with Crippen LogP contribution in [0.5, 0.6) is 5.75 Å². The molecule has 0 bridgehead atoms. The van der Waals surface area contributed by atoms with E-state index in [0.29, 0.717) is 18.7 Å². The lowest BCUT2D eigenvalue weighted by atomic mass is 9.67. The van der Waals surface area contributed by atoms with Crippen molar-refractivity contribution in [3.63, 3.8) is 0 Å². The quantitative estimate of drug-likeness (QED) is 0.828. The van der Waals surface area contributed by atoms with Crippen LogP contribution in [0.25, 0.3) is 0 Å². The number of rotatable bonds is 6. The molecule has 1 saturated heterocycles. The number of carbonyl (C=O) groups is 1. The fraction of sp³-hybridized carbons (Fsp3) is 0.545. The van der Waals surface area contributed by atoms with Crippen molar-refractivity contribution in [2.24, 2.45) is 7.05 Å². The highest BCUT2D eigenvalue weighted by atomic mass is 16.5. The molecule has 0 spiro atoms. The number of nitrogens with one attached hydrogen (secondary N) is 1. The second-order valence-electron chi connectivity index (χ2n) is 8.29. The number of hydrogen-bond acceptors (Lipinski definition) is 4. The molecule has 2 aromatic rings. The van der Waals surface area contributed by atoms with Crippen LogP contribution in [-0.2, 0) is 17.2 Å². The van der Waals surface area contributed by atoms with E-state index in [-0.39, 0.29) is 16.9 Å². The van der Waals surface area contributed by atoms with Gasteiger partial charge in [0.2, 0.25) is 0 Å². The Bertz CT molecular complexity index is 843. The van der Waals surface area contributed by atoms with Crippen molar-refractivity contribution < 1.29 is 14.3 Å². The molecule has 6 nitrogen and oxygen atoms in total. The molecule has 0 saturated carbocycles. The number of methoxy groups -OCH3 is 1. The van der Waals surface area contributed by atoms with Gasteiger partial charge in [0.1, 0.15) is 5.75 Å². The molecule has 1 N–H and O–H groups in total. The molecule has 1 aliphatic rings. The van der Waals surface area contributed by atoms with Gasteiger partial charge >= 0.3 is 0 Å². The Kier molecular flexibility index (Phi) is 5.79. The molecular formula is C22H31N3O3. The summed E-state index contributed by atoms with van der Waals surface area (Å²) in [7, 11) is 3.55. The van der Waals surface area contributed by atoms with E-state index in [1.807, 2.05) is 26.1 Å². The van der Waals surface area contributed by atoms with E-state index in [2.05, 4.69) is 36.4 Å². The molecule has 1 aromatic carbocycles. The molecule has 3 rings (SSSR count). The summed E-state index contributed by atoms with van der Waals surface area (Å²) in [6.45, 7) is 7.45. The fourth-order valence-electron chi connectivity index (χ4n) is 4.37. The van der Waals surface area contributed by atoms with Crippen LogP contribution in [0.4, 0.5) is 0 Å². The summed E-state index contributed by atoms with van der Waals surface area (Å²) >= 11 is 0. The standard InChI is InChI=1S/C22H31N3O3/c1-16-17(14-24-25(16)4)20(26)23-12-10-22(11-13-28-21(2,3)15-22)18-8-6-7-9-19(18)27-5/h6-9,14H,10-13,15H2,1-5H3,(H,23,26). The van der Waals surface area contributed by atoms with E-state index in [4.69, 9.17) is 9.47 Å². The number of amides is 1. The van der Waals surface area contributed by atoms with Crippen LogP contribution in [0.2, 0.25) is 0 Å². The summed E-state index contributed by atoms with van der Waals surface area (Å²) in [4.78, 5) is 12.6. The highest BCUT2D eigenvalue weighted by molar-refractivity contribution is 5.95. The zero-order valence-electron chi connectivity index (χ0n) is 17.5. The van der Waals surface area contributed by atoms with Gasteiger partial charge in [-0.05, 0) is 46.1 Å². The lowest BCUT2D eigenvalue weighted by Gasteiger charge is -2.46. The van der Waals surface area contributed by atoms with Crippen LogP contribution < -0.4 is 10.1 Å². The maximum atomic E-state index is 12.6. The maximum absolute atomic E-state index is 12.6. The van der Waals surface area contributed by atoms with E-state index in [9.17, 15) is 4.79 Å². The number of hydrogen-bond donors (Lipinski definition) is 1. The highest BCUT2D eigenvalue weighted by Gasteiger charge is 2.43. The Morgan fingerprint density at radius 1 is 1.36 bits per heavy atom. The number of benzene rings is 1. The molecular weight excluding hydrogens is 354 g/mol. The van der Waals surface area contributed by atoms with Gasteiger partial charge in [0, 0.05) is 36.9 Å². The monoisotopic (exact) mass is 385 g/mol. The second-order valence-corrected chi connectivity index (χ2v) is 8.29. The summed E-state index contributed by atoms with van der Waals surface area (Å²) in [5, 5.41) is 7.25. The van der Waals surface area contributed by atoms with Crippen LogP contribution in [0.3, 0.4) is 0 Å². The first kappa shape index (κ1) is 20.4. The van der Waals surface area contributed by atoms with E-state index >= 15 is 0 Å². The summed E-state index contributed by atoms with van der Waals surface area (Å²) < 4.78 is 13.4. The lowest BCUT2D eigenvalue weighted by Crippen LogP contribution is -2.45. The first-order valence-electron chi connectivity index (χ1n) is 9.82. The maximum Gasteiger partial charge on any atom is 0.254 e. The Morgan fingerprint density at radius 3 is 2.75 bits per heavy atom. The minimum Gasteiger partial charge on any atom is -0.496 e. The number of aromatic nitrogens is 2. The topological polar surface area (TPSA) is 65.4 Å². The third-order valence-electron chi connectivity index (χ3n) is 5.88. The molecule has 1 amide bonds. The number of nitrogens with zero attached hydrogens (tertiary/aromatic N) is 2. The van der Waals surface area contributed by atoms with Crippen molar-refractivity contribution in [1.29, 1.82) is 0 Å². The first-order chi connectivity index (χ1) is 13.3. The van der Waals surface area contributed by atoms with Gasteiger partial charge in [-0.1, -0.05) is 18.2 Å². The Balaban J connectivity index is 1.80. The molecule has 1 atom stereocenters. The predicted octanol–water partition coefficient (Wildman–Crippen LogP) is 3.38. The summed E-state index contributed by atoms with van der Waals surface area (Å²) in [6, 6.07) is 8.21. The fourth-order valence-corrected chi connectivity index (χ4v) is 4.37.